The highest BCUT2D eigenvalue weighted by Gasteiger charge is 2.13. The summed E-state index contributed by atoms with van der Waals surface area (Å²) in [6.45, 7) is 15.1. The van der Waals surface area contributed by atoms with E-state index in [0.717, 1.165) is 37.0 Å². The zero-order chi connectivity index (χ0) is 22.9. The van der Waals surface area contributed by atoms with Crippen LogP contribution in [-0.2, 0) is 19.3 Å². The fraction of sp³-hybridized carbons (Fsp3) is 0.290. The fourth-order valence-electron chi connectivity index (χ4n) is 4.07. The van der Waals surface area contributed by atoms with Gasteiger partial charge in [-0.2, -0.15) is 0 Å². The van der Waals surface area contributed by atoms with Crippen molar-refractivity contribution >= 4 is 17.3 Å². The van der Waals surface area contributed by atoms with Crippen LogP contribution >= 0.6 is 11.8 Å². The molecule has 166 valence electrons. The van der Waals surface area contributed by atoms with Crippen molar-refractivity contribution in [3.05, 3.63) is 119 Å². The Morgan fingerprint density at radius 2 is 1.75 bits per heavy atom. The normalized spacial score (nSPS) is 11.8. The van der Waals surface area contributed by atoms with Gasteiger partial charge in [0, 0.05) is 10.6 Å². The van der Waals surface area contributed by atoms with Gasteiger partial charge in [-0.1, -0.05) is 81.1 Å². The van der Waals surface area contributed by atoms with Gasteiger partial charge in [-0.15, -0.1) is 18.3 Å². The highest BCUT2D eigenvalue weighted by Crippen LogP contribution is 2.30. The van der Waals surface area contributed by atoms with E-state index in [1.165, 1.54) is 38.3 Å². The van der Waals surface area contributed by atoms with Crippen LogP contribution in [0.2, 0.25) is 0 Å². The van der Waals surface area contributed by atoms with Crippen LogP contribution < -0.4 is 0 Å². The average molecular weight is 441 g/mol. The maximum Gasteiger partial charge on any atom is 0.00748 e. The van der Waals surface area contributed by atoms with E-state index in [9.17, 15) is 0 Å². The van der Waals surface area contributed by atoms with E-state index in [4.69, 9.17) is 0 Å². The summed E-state index contributed by atoms with van der Waals surface area (Å²) < 4.78 is 0. The molecule has 0 aliphatic rings. The Morgan fingerprint density at radius 1 is 1.00 bits per heavy atom. The standard InChI is InChI=1S/C31H36S/c1-6-8-12-27-17-18-30(20-24(27)4)32-22-23(3)19-29-16-15-26(7-2)21-31(29)25(5)28-13-10-9-11-14-28/h6,9-11,13-18,20-21,23H,1,5,7-8,12,19,22H2,2-4H3. The molecule has 3 aromatic carbocycles. The molecule has 0 spiro atoms. The monoisotopic (exact) mass is 440 g/mol. The van der Waals surface area contributed by atoms with Crippen LogP contribution in [0.5, 0.6) is 0 Å². The van der Waals surface area contributed by atoms with Crippen LogP contribution in [0.1, 0.15) is 53.6 Å². The number of rotatable bonds is 11. The van der Waals surface area contributed by atoms with Crippen LogP contribution in [0.15, 0.2) is 90.9 Å². The lowest BCUT2D eigenvalue weighted by atomic mass is 9.89. The second-order valence-electron chi connectivity index (χ2n) is 8.73. The maximum atomic E-state index is 4.46. The van der Waals surface area contributed by atoms with Crippen LogP contribution in [0, 0.1) is 12.8 Å². The highest BCUT2D eigenvalue weighted by molar-refractivity contribution is 7.99. The molecule has 0 N–H and O–H groups in total. The topological polar surface area (TPSA) is 0 Å². The minimum absolute atomic E-state index is 0.579. The van der Waals surface area contributed by atoms with Crippen LogP contribution in [0.25, 0.3) is 5.57 Å². The Morgan fingerprint density at radius 3 is 2.44 bits per heavy atom. The molecule has 0 bridgehead atoms. The third-order valence-corrected chi connectivity index (χ3v) is 7.39. The smallest absolute Gasteiger partial charge is 0.00748 e. The molecule has 0 fully saturated rings. The molecular formula is C31H36S. The molecule has 0 aliphatic carbocycles. The van der Waals surface area contributed by atoms with E-state index in [2.05, 4.69) is 101 Å². The molecule has 3 aromatic rings. The van der Waals surface area contributed by atoms with Crippen LogP contribution in [0.3, 0.4) is 0 Å². The third-order valence-electron chi connectivity index (χ3n) is 6.06. The molecule has 0 nitrogen and oxygen atoms in total. The summed E-state index contributed by atoms with van der Waals surface area (Å²) in [7, 11) is 0. The predicted octanol–water partition coefficient (Wildman–Crippen LogP) is 8.71. The number of benzene rings is 3. The minimum Gasteiger partial charge on any atom is -0.126 e. The predicted molar refractivity (Wildman–Crippen MR) is 144 cm³/mol. The lowest BCUT2D eigenvalue weighted by molar-refractivity contribution is 0.657. The molecule has 0 amide bonds. The minimum atomic E-state index is 0.579. The van der Waals surface area contributed by atoms with Gasteiger partial charge in [0.05, 0.1) is 0 Å². The molecule has 1 atom stereocenters. The summed E-state index contributed by atoms with van der Waals surface area (Å²) >= 11 is 1.97. The van der Waals surface area contributed by atoms with Gasteiger partial charge in [0.25, 0.3) is 0 Å². The number of allylic oxidation sites excluding steroid dienone is 1. The van der Waals surface area contributed by atoms with Gasteiger partial charge in [0.15, 0.2) is 0 Å². The molecule has 1 heteroatoms. The Bertz CT molecular complexity index is 1050. The lowest BCUT2D eigenvalue weighted by Crippen LogP contribution is -2.06. The highest BCUT2D eigenvalue weighted by atomic mass is 32.2. The molecular weight excluding hydrogens is 404 g/mol. The molecule has 3 rings (SSSR count). The quantitative estimate of drug-likeness (QED) is 0.212. The summed E-state index contributed by atoms with van der Waals surface area (Å²) in [5.41, 5.74) is 9.23. The molecule has 0 saturated carbocycles. The van der Waals surface area contributed by atoms with Crippen LogP contribution in [0.4, 0.5) is 0 Å². The van der Waals surface area contributed by atoms with E-state index < -0.39 is 0 Å². The summed E-state index contributed by atoms with van der Waals surface area (Å²) in [4.78, 5) is 1.37. The van der Waals surface area contributed by atoms with E-state index in [1.807, 2.05) is 17.8 Å². The second-order valence-corrected chi connectivity index (χ2v) is 9.82. The molecule has 0 saturated heterocycles. The number of thioether (sulfide) groups is 1. The first-order valence-corrected chi connectivity index (χ1v) is 12.7. The Balaban J connectivity index is 1.69. The number of aryl methyl sites for hydroxylation is 3. The Hall–Kier alpha value is -2.51. The Labute approximate surface area is 199 Å². The van der Waals surface area contributed by atoms with Crippen molar-refractivity contribution in [3.8, 4) is 0 Å². The van der Waals surface area contributed by atoms with Gasteiger partial charge < -0.3 is 0 Å². The van der Waals surface area contributed by atoms with Crippen molar-refractivity contribution in [2.45, 2.75) is 51.3 Å². The first kappa shape index (κ1) is 24.1. The summed E-state index contributed by atoms with van der Waals surface area (Å²) in [6.07, 6.45) is 6.23. The van der Waals surface area contributed by atoms with Gasteiger partial charge in [0.1, 0.15) is 0 Å². The zero-order valence-electron chi connectivity index (χ0n) is 19.9. The molecule has 0 heterocycles. The zero-order valence-corrected chi connectivity index (χ0v) is 20.7. The van der Waals surface area contributed by atoms with Gasteiger partial charge in [0.2, 0.25) is 0 Å². The molecule has 1 unspecified atom stereocenters. The van der Waals surface area contributed by atoms with Gasteiger partial charge in [-0.25, -0.2) is 0 Å². The summed E-state index contributed by atoms with van der Waals surface area (Å²) in [6, 6.07) is 24.4. The van der Waals surface area contributed by atoms with Crippen molar-refractivity contribution in [3.63, 3.8) is 0 Å². The van der Waals surface area contributed by atoms with Gasteiger partial charge in [-0.3, -0.25) is 0 Å². The molecule has 0 radical (unpaired) electrons. The number of hydrogen-bond acceptors (Lipinski definition) is 1. The van der Waals surface area contributed by atoms with Crippen LogP contribution in [-0.4, -0.2) is 5.75 Å². The van der Waals surface area contributed by atoms with Crippen molar-refractivity contribution in [1.82, 2.24) is 0 Å². The van der Waals surface area contributed by atoms with Crippen molar-refractivity contribution in [2.24, 2.45) is 5.92 Å². The number of hydrogen-bond donors (Lipinski definition) is 0. The Kier molecular flexibility index (Phi) is 9.00. The first-order chi connectivity index (χ1) is 15.5. The van der Waals surface area contributed by atoms with E-state index in [0.29, 0.717) is 5.92 Å². The first-order valence-electron chi connectivity index (χ1n) is 11.7. The lowest BCUT2D eigenvalue weighted by Gasteiger charge is -2.18. The largest absolute Gasteiger partial charge is 0.126 e. The molecule has 0 aromatic heterocycles. The van der Waals surface area contributed by atoms with E-state index >= 15 is 0 Å². The van der Waals surface area contributed by atoms with E-state index in [1.54, 1.807) is 0 Å². The SMILES string of the molecule is C=CCCc1ccc(SCC(C)Cc2ccc(CC)cc2C(=C)c2ccccc2)cc1C. The summed E-state index contributed by atoms with van der Waals surface area (Å²) in [5, 5.41) is 0. The average Bonchev–Trinajstić information content (AvgIpc) is 2.82. The maximum absolute atomic E-state index is 4.46. The molecule has 0 aliphatic heterocycles. The fourth-order valence-corrected chi connectivity index (χ4v) is 5.09. The summed E-state index contributed by atoms with van der Waals surface area (Å²) in [5.74, 6) is 1.69. The van der Waals surface area contributed by atoms with Crippen molar-refractivity contribution in [2.75, 3.05) is 5.75 Å². The van der Waals surface area contributed by atoms with Crippen molar-refractivity contribution < 1.29 is 0 Å². The van der Waals surface area contributed by atoms with Crippen molar-refractivity contribution in [1.29, 1.82) is 0 Å². The third kappa shape index (κ3) is 6.50. The molecule has 32 heavy (non-hydrogen) atoms. The van der Waals surface area contributed by atoms with Gasteiger partial charge >= 0.3 is 0 Å². The van der Waals surface area contributed by atoms with E-state index in [-0.39, 0.29) is 0 Å². The second kappa shape index (κ2) is 11.9. The van der Waals surface area contributed by atoms with Gasteiger partial charge in [-0.05, 0) is 89.6 Å².